The molecule has 0 saturated carbocycles. The molecule has 1 aliphatic rings. The molecule has 33 heavy (non-hydrogen) atoms. The standard InChI is InChI=1S/C22H23FN4O4S2/c1-11-19(33-18(25-11)9-24-20(29)12-3-5-27(2)6-4-12)16-10-32-21(26-16)13-8-17(28)14(22(30)31)7-15(13)23/h7-8,10,12,28H,3-6,9H2,1-2H3,(H,24,29)(H,30,31). The van der Waals surface area contributed by atoms with Gasteiger partial charge in [0.05, 0.1) is 22.8 Å². The summed E-state index contributed by atoms with van der Waals surface area (Å²) in [4.78, 5) is 35.6. The number of carboxylic acids is 1. The predicted molar refractivity (Wildman–Crippen MR) is 124 cm³/mol. The Morgan fingerprint density at radius 1 is 1.27 bits per heavy atom. The van der Waals surface area contributed by atoms with Crippen LogP contribution in [0.25, 0.3) is 21.1 Å². The molecule has 1 saturated heterocycles. The lowest BCUT2D eigenvalue weighted by Gasteiger charge is -2.27. The van der Waals surface area contributed by atoms with Crippen LogP contribution in [0.4, 0.5) is 4.39 Å². The van der Waals surface area contributed by atoms with Gasteiger partial charge in [0.2, 0.25) is 5.91 Å². The molecule has 1 amide bonds. The molecular weight excluding hydrogens is 467 g/mol. The summed E-state index contributed by atoms with van der Waals surface area (Å²) in [6.45, 7) is 4.03. The Labute approximate surface area is 197 Å². The third-order valence-corrected chi connectivity index (χ3v) is 7.68. The molecule has 174 valence electrons. The van der Waals surface area contributed by atoms with Gasteiger partial charge in [-0.05, 0) is 52.0 Å². The number of piperidine rings is 1. The van der Waals surface area contributed by atoms with Gasteiger partial charge in [-0.1, -0.05) is 0 Å². The van der Waals surface area contributed by atoms with E-state index in [4.69, 9.17) is 5.11 Å². The number of hydrogen-bond donors (Lipinski definition) is 3. The van der Waals surface area contributed by atoms with E-state index in [2.05, 4.69) is 27.2 Å². The number of benzene rings is 1. The normalized spacial score (nSPS) is 15.0. The maximum absolute atomic E-state index is 14.5. The Hall–Kier alpha value is -2.89. The second-order valence-corrected chi connectivity index (χ2v) is 9.95. The van der Waals surface area contributed by atoms with Crippen LogP contribution in [0.5, 0.6) is 5.75 Å². The van der Waals surface area contributed by atoms with Crippen LogP contribution in [0.3, 0.4) is 0 Å². The molecule has 0 radical (unpaired) electrons. The van der Waals surface area contributed by atoms with Crippen molar-refractivity contribution in [1.29, 1.82) is 0 Å². The molecule has 0 aliphatic carbocycles. The summed E-state index contributed by atoms with van der Waals surface area (Å²) >= 11 is 2.60. The SMILES string of the molecule is Cc1nc(CNC(=O)C2CCN(C)CC2)sc1-c1csc(-c2cc(O)c(C(=O)O)cc2F)n1. The van der Waals surface area contributed by atoms with Crippen molar-refractivity contribution in [1.82, 2.24) is 20.2 Å². The van der Waals surface area contributed by atoms with Crippen LogP contribution in [-0.4, -0.2) is 57.1 Å². The molecule has 3 aromatic rings. The minimum atomic E-state index is -1.41. The van der Waals surface area contributed by atoms with Gasteiger partial charge in [0.25, 0.3) is 0 Å². The average molecular weight is 491 g/mol. The van der Waals surface area contributed by atoms with Crippen molar-refractivity contribution in [2.45, 2.75) is 26.3 Å². The van der Waals surface area contributed by atoms with E-state index < -0.39 is 23.1 Å². The van der Waals surface area contributed by atoms with Crippen LogP contribution in [0, 0.1) is 18.7 Å². The Morgan fingerprint density at radius 2 is 2.00 bits per heavy atom. The first-order chi connectivity index (χ1) is 15.7. The number of aryl methyl sites for hydroxylation is 1. The van der Waals surface area contributed by atoms with Gasteiger partial charge in [-0.3, -0.25) is 4.79 Å². The highest BCUT2D eigenvalue weighted by Crippen LogP contribution is 2.36. The van der Waals surface area contributed by atoms with Crippen molar-refractivity contribution in [3.63, 3.8) is 0 Å². The van der Waals surface area contributed by atoms with Gasteiger partial charge in [-0.25, -0.2) is 19.2 Å². The van der Waals surface area contributed by atoms with E-state index in [9.17, 15) is 19.1 Å². The fourth-order valence-electron chi connectivity index (χ4n) is 3.74. The van der Waals surface area contributed by atoms with Crippen LogP contribution < -0.4 is 5.32 Å². The zero-order chi connectivity index (χ0) is 23.7. The van der Waals surface area contributed by atoms with Crippen molar-refractivity contribution >= 4 is 34.6 Å². The lowest BCUT2D eigenvalue weighted by molar-refractivity contribution is -0.126. The summed E-state index contributed by atoms with van der Waals surface area (Å²) < 4.78 is 14.5. The van der Waals surface area contributed by atoms with Crippen molar-refractivity contribution in [3.8, 4) is 26.9 Å². The van der Waals surface area contributed by atoms with Crippen LogP contribution in [0.2, 0.25) is 0 Å². The van der Waals surface area contributed by atoms with E-state index in [1.54, 1.807) is 5.38 Å². The fraction of sp³-hybridized carbons (Fsp3) is 0.364. The number of hydrogen-bond acceptors (Lipinski definition) is 8. The van der Waals surface area contributed by atoms with Crippen LogP contribution in [0.15, 0.2) is 17.5 Å². The fourth-order valence-corrected chi connectivity index (χ4v) is 5.61. The van der Waals surface area contributed by atoms with Gasteiger partial charge in [-0.2, -0.15) is 0 Å². The number of nitrogens with one attached hydrogen (secondary N) is 1. The average Bonchev–Trinajstić information content (AvgIpc) is 3.40. The second-order valence-electron chi connectivity index (χ2n) is 8.01. The van der Waals surface area contributed by atoms with Gasteiger partial charge in [0, 0.05) is 16.9 Å². The maximum Gasteiger partial charge on any atom is 0.339 e. The van der Waals surface area contributed by atoms with Crippen molar-refractivity contribution in [3.05, 3.63) is 39.6 Å². The number of phenols is 1. The molecule has 0 bridgehead atoms. The monoisotopic (exact) mass is 490 g/mol. The molecule has 2 aromatic heterocycles. The summed E-state index contributed by atoms with van der Waals surface area (Å²) in [7, 11) is 2.06. The molecule has 1 fully saturated rings. The summed E-state index contributed by atoms with van der Waals surface area (Å²) in [5.41, 5.74) is 0.892. The number of rotatable bonds is 6. The highest BCUT2D eigenvalue weighted by Gasteiger charge is 2.24. The Kier molecular flexibility index (Phi) is 6.73. The van der Waals surface area contributed by atoms with Gasteiger partial charge in [0.15, 0.2) is 0 Å². The van der Waals surface area contributed by atoms with Crippen molar-refractivity contribution in [2.24, 2.45) is 5.92 Å². The number of thiazole rings is 2. The minimum absolute atomic E-state index is 0.0292. The minimum Gasteiger partial charge on any atom is -0.507 e. The largest absolute Gasteiger partial charge is 0.507 e. The Bertz CT molecular complexity index is 1200. The number of aromatic hydroxyl groups is 1. The molecule has 1 aromatic carbocycles. The molecule has 4 rings (SSSR count). The first-order valence-electron chi connectivity index (χ1n) is 10.4. The summed E-state index contributed by atoms with van der Waals surface area (Å²) in [5, 5.41) is 24.8. The van der Waals surface area contributed by atoms with Crippen LogP contribution >= 0.6 is 22.7 Å². The third-order valence-electron chi connectivity index (χ3n) is 5.63. The smallest absolute Gasteiger partial charge is 0.339 e. The lowest BCUT2D eigenvalue weighted by Crippen LogP contribution is -2.38. The first kappa shape index (κ1) is 23.3. The highest BCUT2D eigenvalue weighted by atomic mass is 32.1. The molecule has 0 atom stereocenters. The van der Waals surface area contributed by atoms with E-state index in [-0.39, 0.29) is 17.4 Å². The topological polar surface area (TPSA) is 116 Å². The zero-order valence-electron chi connectivity index (χ0n) is 18.1. The van der Waals surface area contributed by atoms with Crippen molar-refractivity contribution < 1.29 is 24.2 Å². The highest BCUT2D eigenvalue weighted by molar-refractivity contribution is 7.16. The van der Waals surface area contributed by atoms with Gasteiger partial charge in [-0.15, -0.1) is 22.7 Å². The number of carbonyl (C=O) groups excluding carboxylic acids is 1. The summed E-state index contributed by atoms with van der Waals surface area (Å²) in [5.74, 6) is -2.62. The zero-order valence-corrected chi connectivity index (χ0v) is 19.7. The molecule has 0 spiro atoms. The van der Waals surface area contributed by atoms with Gasteiger partial charge in [0.1, 0.15) is 27.1 Å². The molecule has 8 nitrogen and oxygen atoms in total. The number of halogens is 1. The number of amides is 1. The maximum atomic E-state index is 14.5. The molecule has 11 heteroatoms. The van der Waals surface area contributed by atoms with E-state index in [0.717, 1.165) is 53.6 Å². The number of carbonyl (C=O) groups is 2. The number of likely N-dealkylation sites (tertiary alicyclic amines) is 1. The molecule has 3 heterocycles. The van der Waals surface area contributed by atoms with E-state index in [1.165, 1.54) is 22.7 Å². The second kappa shape index (κ2) is 9.54. The van der Waals surface area contributed by atoms with Crippen LogP contribution in [-0.2, 0) is 11.3 Å². The van der Waals surface area contributed by atoms with Crippen molar-refractivity contribution in [2.75, 3.05) is 20.1 Å². The summed E-state index contributed by atoms with van der Waals surface area (Å²) in [6, 6.07) is 1.86. The molecule has 1 aliphatic heterocycles. The Morgan fingerprint density at radius 3 is 2.70 bits per heavy atom. The summed E-state index contributed by atoms with van der Waals surface area (Å²) in [6.07, 6.45) is 1.71. The van der Waals surface area contributed by atoms with Gasteiger partial charge < -0.3 is 20.4 Å². The molecule has 3 N–H and O–H groups in total. The number of nitrogens with zero attached hydrogens (tertiary/aromatic N) is 3. The number of aromatic nitrogens is 2. The van der Waals surface area contributed by atoms with Gasteiger partial charge >= 0.3 is 5.97 Å². The lowest BCUT2D eigenvalue weighted by atomic mass is 9.96. The first-order valence-corrected chi connectivity index (χ1v) is 12.1. The molecule has 0 unspecified atom stereocenters. The van der Waals surface area contributed by atoms with E-state index >= 15 is 0 Å². The number of aromatic carboxylic acids is 1. The number of carboxylic acid groups (broad SMARTS) is 1. The third kappa shape index (κ3) is 5.05. The molecular formula is C22H23FN4O4S2. The predicted octanol–water partition coefficient (Wildman–Crippen LogP) is 3.74. The Balaban J connectivity index is 1.48. The quantitative estimate of drug-likeness (QED) is 0.482. The van der Waals surface area contributed by atoms with Crippen LogP contribution in [0.1, 0.15) is 33.9 Å². The van der Waals surface area contributed by atoms with E-state index in [0.29, 0.717) is 17.2 Å². The van der Waals surface area contributed by atoms with E-state index in [1.807, 2.05) is 6.92 Å².